The highest BCUT2D eigenvalue weighted by Gasteiger charge is 2.09. The van der Waals surface area contributed by atoms with E-state index < -0.39 is 17.6 Å². The minimum Gasteiger partial charge on any atom is -0.484 e. The predicted molar refractivity (Wildman–Crippen MR) is 102 cm³/mol. The third-order valence-corrected chi connectivity index (χ3v) is 4.24. The molecule has 9 heteroatoms. The molecule has 0 atom stereocenters. The zero-order valence-corrected chi connectivity index (χ0v) is 16.0. The molecule has 136 valence electrons. The van der Waals surface area contributed by atoms with Crippen molar-refractivity contribution in [3.05, 3.63) is 63.9 Å². The number of ether oxygens (including phenoxy) is 1. The average Bonchev–Trinajstić information content (AvgIpc) is 2.61. The van der Waals surface area contributed by atoms with Gasteiger partial charge in [-0.3, -0.25) is 25.8 Å². The van der Waals surface area contributed by atoms with Gasteiger partial charge >= 0.3 is 0 Å². The lowest BCUT2D eigenvalue weighted by molar-refractivity contribution is -0.123. The molecule has 0 unspecified atom stereocenters. The highest BCUT2D eigenvalue weighted by molar-refractivity contribution is 9.10. The lowest BCUT2D eigenvalue weighted by atomic mass is 10.2. The Morgan fingerprint density at radius 1 is 1.15 bits per heavy atom. The Labute approximate surface area is 163 Å². The van der Waals surface area contributed by atoms with Gasteiger partial charge in [-0.25, -0.2) is 4.39 Å². The Kier molecular flexibility index (Phi) is 7.05. The molecule has 0 aliphatic heterocycles. The summed E-state index contributed by atoms with van der Waals surface area (Å²) in [5.74, 6) is -0.911. The fraction of sp³-hybridized carbons (Fsp3) is 0.118. The van der Waals surface area contributed by atoms with Crippen LogP contribution in [0.4, 0.5) is 4.39 Å². The maximum atomic E-state index is 12.8. The maximum Gasteiger partial charge on any atom is 0.276 e. The fourth-order valence-electron chi connectivity index (χ4n) is 1.83. The molecule has 2 amide bonds. The number of hydrazine groups is 1. The number of amides is 2. The van der Waals surface area contributed by atoms with Crippen molar-refractivity contribution in [2.45, 2.75) is 6.92 Å². The molecule has 6 nitrogen and oxygen atoms in total. The largest absolute Gasteiger partial charge is 0.484 e. The smallest absolute Gasteiger partial charge is 0.276 e. The molecule has 0 saturated heterocycles. The molecule has 0 spiro atoms. The van der Waals surface area contributed by atoms with Gasteiger partial charge in [-0.2, -0.15) is 0 Å². The first-order valence-electron chi connectivity index (χ1n) is 7.40. The van der Waals surface area contributed by atoms with Gasteiger partial charge in [0, 0.05) is 10.0 Å². The monoisotopic (exact) mass is 439 g/mol. The van der Waals surface area contributed by atoms with Crippen LogP contribution in [-0.2, 0) is 4.79 Å². The number of benzene rings is 2. The molecule has 26 heavy (non-hydrogen) atoms. The van der Waals surface area contributed by atoms with Crippen LogP contribution in [-0.4, -0.2) is 23.5 Å². The fourth-order valence-corrected chi connectivity index (χ4v) is 2.22. The molecule has 2 aromatic rings. The van der Waals surface area contributed by atoms with E-state index >= 15 is 0 Å². The second-order valence-corrected chi connectivity index (χ2v) is 6.43. The van der Waals surface area contributed by atoms with Gasteiger partial charge in [0.1, 0.15) is 11.6 Å². The van der Waals surface area contributed by atoms with Gasteiger partial charge in [-0.15, -0.1) is 0 Å². The molecule has 0 fully saturated rings. The van der Waals surface area contributed by atoms with Crippen LogP contribution in [0.2, 0.25) is 0 Å². The lowest BCUT2D eigenvalue weighted by Gasteiger charge is -2.12. The molecule has 0 aromatic heterocycles. The number of hydrogen-bond donors (Lipinski definition) is 3. The third kappa shape index (κ3) is 6.08. The predicted octanol–water partition coefficient (Wildman–Crippen LogP) is 2.61. The lowest BCUT2D eigenvalue weighted by Crippen LogP contribution is -2.49. The van der Waals surface area contributed by atoms with E-state index in [2.05, 4.69) is 32.1 Å². The van der Waals surface area contributed by atoms with Gasteiger partial charge < -0.3 is 4.74 Å². The van der Waals surface area contributed by atoms with Crippen LogP contribution >= 0.6 is 28.1 Å². The molecule has 2 aromatic carbocycles. The second-order valence-electron chi connectivity index (χ2n) is 5.16. The Hall–Kier alpha value is -2.52. The van der Waals surface area contributed by atoms with E-state index in [1.165, 1.54) is 12.1 Å². The molecular formula is C17H15BrFN3O3S. The number of halogens is 2. The Morgan fingerprint density at radius 3 is 2.50 bits per heavy atom. The van der Waals surface area contributed by atoms with Gasteiger partial charge in [0.05, 0.1) is 0 Å². The topological polar surface area (TPSA) is 79.5 Å². The van der Waals surface area contributed by atoms with Crippen LogP contribution in [0.1, 0.15) is 15.9 Å². The molecule has 0 saturated carbocycles. The van der Waals surface area contributed by atoms with Crippen molar-refractivity contribution < 1.29 is 18.7 Å². The summed E-state index contributed by atoms with van der Waals surface area (Å²) in [6.07, 6.45) is 0. The van der Waals surface area contributed by atoms with Gasteiger partial charge in [-0.05, 0) is 67.2 Å². The number of carbonyl (C=O) groups excluding carboxylic acids is 2. The van der Waals surface area contributed by atoms with E-state index in [1.807, 2.05) is 13.0 Å². The van der Waals surface area contributed by atoms with Crippen LogP contribution < -0.4 is 20.9 Å². The van der Waals surface area contributed by atoms with E-state index in [0.29, 0.717) is 5.75 Å². The number of nitrogens with one attached hydrogen (secondary N) is 3. The highest BCUT2D eigenvalue weighted by atomic mass is 79.9. The van der Waals surface area contributed by atoms with E-state index in [0.717, 1.165) is 22.2 Å². The van der Waals surface area contributed by atoms with Gasteiger partial charge in [0.2, 0.25) is 0 Å². The Morgan fingerprint density at radius 2 is 1.85 bits per heavy atom. The molecule has 2 rings (SSSR count). The molecule has 3 N–H and O–H groups in total. The standard InChI is InChI=1S/C17H15BrFN3O3S/c1-10-8-13(6-7-14(10)18)25-9-15(23)21-22-17(26)20-16(24)11-2-4-12(19)5-3-11/h2-8H,9H2,1H3,(H,21,23)(H2,20,22,24,26). The molecule has 0 aliphatic rings. The Balaban J connectivity index is 1.74. The number of carbonyl (C=O) groups is 2. The number of aryl methyl sites for hydroxylation is 1. The first-order valence-corrected chi connectivity index (χ1v) is 8.60. The van der Waals surface area contributed by atoms with Crippen molar-refractivity contribution in [1.29, 1.82) is 0 Å². The summed E-state index contributed by atoms with van der Waals surface area (Å²) >= 11 is 8.28. The third-order valence-electron chi connectivity index (χ3n) is 3.15. The van der Waals surface area contributed by atoms with Crippen molar-refractivity contribution in [2.75, 3.05) is 6.61 Å². The van der Waals surface area contributed by atoms with E-state index in [9.17, 15) is 14.0 Å². The Bertz CT molecular complexity index is 831. The molecular weight excluding hydrogens is 425 g/mol. The van der Waals surface area contributed by atoms with Crippen LogP contribution in [0.15, 0.2) is 46.9 Å². The highest BCUT2D eigenvalue weighted by Crippen LogP contribution is 2.21. The quantitative estimate of drug-likeness (QED) is 0.503. The molecule has 0 bridgehead atoms. The van der Waals surface area contributed by atoms with Crippen molar-refractivity contribution in [3.8, 4) is 5.75 Å². The number of hydrogen-bond acceptors (Lipinski definition) is 4. The van der Waals surface area contributed by atoms with E-state index in [1.54, 1.807) is 12.1 Å². The van der Waals surface area contributed by atoms with Crippen molar-refractivity contribution in [2.24, 2.45) is 0 Å². The van der Waals surface area contributed by atoms with Crippen molar-refractivity contribution in [1.82, 2.24) is 16.2 Å². The van der Waals surface area contributed by atoms with Crippen LogP contribution in [0.5, 0.6) is 5.75 Å². The van der Waals surface area contributed by atoms with Gasteiger partial charge in [0.25, 0.3) is 11.8 Å². The summed E-state index contributed by atoms with van der Waals surface area (Å²) < 4.78 is 19.1. The number of thiocarbonyl (C=S) groups is 1. The average molecular weight is 440 g/mol. The molecule has 0 aliphatic carbocycles. The van der Waals surface area contributed by atoms with Gasteiger partial charge in [0.15, 0.2) is 11.7 Å². The SMILES string of the molecule is Cc1cc(OCC(=O)NNC(=S)NC(=O)c2ccc(F)cc2)ccc1Br. The van der Waals surface area contributed by atoms with Crippen LogP contribution in [0.3, 0.4) is 0 Å². The summed E-state index contributed by atoms with van der Waals surface area (Å²) in [5.41, 5.74) is 5.90. The summed E-state index contributed by atoms with van der Waals surface area (Å²) in [5, 5.41) is 2.25. The number of rotatable bonds is 4. The normalized spacial score (nSPS) is 9.96. The van der Waals surface area contributed by atoms with Crippen LogP contribution in [0, 0.1) is 12.7 Å². The summed E-state index contributed by atoms with van der Waals surface area (Å²) in [6.45, 7) is 1.67. The van der Waals surface area contributed by atoms with E-state index in [4.69, 9.17) is 17.0 Å². The second kappa shape index (κ2) is 9.25. The minimum atomic E-state index is -0.529. The van der Waals surface area contributed by atoms with E-state index in [-0.39, 0.29) is 17.3 Å². The summed E-state index contributed by atoms with van der Waals surface area (Å²) in [7, 11) is 0. The van der Waals surface area contributed by atoms with Crippen molar-refractivity contribution >= 4 is 45.1 Å². The van der Waals surface area contributed by atoms with Gasteiger partial charge in [-0.1, -0.05) is 15.9 Å². The minimum absolute atomic E-state index is 0.104. The van der Waals surface area contributed by atoms with Crippen molar-refractivity contribution in [3.63, 3.8) is 0 Å². The molecule has 0 radical (unpaired) electrons. The zero-order chi connectivity index (χ0) is 19.1. The molecule has 0 heterocycles. The first kappa shape index (κ1) is 19.8. The maximum absolute atomic E-state index is 12.8. The van der Waals surface area contributed by atoms with Crippen LogP contribution in [0.25, 0.3) is 0 Å². The summed E-state index contributed by atoms with van der Waals surface area (Å²) in [4.78, 5) is 23.6. The zero-order valence-electron chi connectivity index (χ0n) is 13.6. The summed E-state index contributed by atoms with van der Waals surface area (Å²) in [6, 6.07) is 10.3. The first-order chi connectivity index (χ1) is 12.3.